The number of nitrogens with one attached hydrogen (secondary N) is 1. The van der Waals surface area contributed by atoms with Gasteiger partial charge in [0.2, 0.25) is 10.0 Å². The van der Waals surface area contributed by atoms with Crippen molar-refractivity contribution in [3.63, 3.8) is 0 Å². The Morgan fingerprint density at radius 3 is 2.16 bits per heavy atom. The van der Waals surface area contributed by atoms with Crippen LogP contribution in [0.1, 0.15) is 38.8 Å². The molecule has 3 atom stereocenters. The molecule has 108 valence electrons. The Bertz CT molecular complexity index is 497. The van der Waals surface area contributed by atoms with E-state index in [0.717, 1.165) is 5.56 Å². The lowest BCUT2D eigenvalue weighted by Crippen LogP contribution is -2.31. The van der Waals surface area contributed by atoms with Crippen LogP contribution in [0.15, 0.2) is 29.2 Å². The van der Waals surface area contributed by atoms with E-state index in [4.69, 9.17) is 5.14 Å². The van der Waals surface area contributed by atoms with Crippen LogP contribution >= 0.6 is 0 Å². The molecule has 3 unspecified atom stereocenters. The summed E-state index contributed by atoms with van der Waals surface area (Å²) in [4.78, 5) is 0.112. The fourth-order valence-corrected chi connectivity index (χ4v) is 2.56. The van der Waals surface area contributed by atoms with Crippen LogP contribution in [-0.4, -0.2) is 25.7 Å². The first kappa shape index (κ1) is 16.1. The second-order valence-electron chi connectivity index (χ2n) is 4.99. The average Bonchev–Trinajstić information content (AvgIpc) is 2.26. The Hall–Kier alpha value is -0.950. The summed E-state index contributed by atoms with van der Waals surface area (Å²) in [7, 11) is -3.64. The summed E-state index contributed by atoms with van der Waals surface area (Å²) in [5.41, 5.74) is 0.977. The standard InChI is InChI=1S/C13H22N2O3S/c1-9(8-10(2)16)15-11(3)12-4-6-13(7-5-12)19(14,17)18/h4-7,9-11,15-16H,8H2,1-3H3,(H2,14,17,18). The van der Waals surface area contributed by atoms with Crippen molar-refractivity contribution in [3.05, 3.63) is 29.8 Å². The second-order valence-corrected chi connectivity index (χ2v) is 6.55. The van der Waals surface area contributed by atoms with E-state index in [0.29, 0.717) is 6.42 Å². The summed E-state index contributed by atoms with van der Waals surface area (Å²) in [5, 5.41) is 17.7. The Morgan fingerprint density at radius 1 is 1.21 bits per heavy atom. The van der Waals surface area contributed by atoms with Crippen molar-refractivity contribution in [3.8, 4) is 0 Å². The highest BCUT2D eigenvalue weighted by molar-refractivity contribution is 7.89. The molecule has 0 saturated heterocycles. The maximum atomic E-state index is 11.1. The summed E-state index contributed by atoms with van der Waals surface area (Å²) in [6.45, 7) is 5.75. The van der Waals surface area contributed by atoms with Gasteiger partial charge in [0.05, 0.1) is 11.0 Å². The largest absolute Gasteiger partial charge is 0.393 e. The van der Waals surface area contributed by atoms with Crippen LogP contribution in [0.5, 0.6) is 0 Å². The summed E-state index contributed by atoms with van der Waals surface area (Å²) >= 11 is 0. The number of hydrogen-bond acceptors (Lipinski definition) is 4. The van der Waals surface area contributed by atoms with Crippen molar-refractivity contribution in [2.24, 2.45) is 5.14 Å². The molecule has 19 heavy (non-hydrogen) atoms. The molecule has 0 aliphatic heterocycles. The number of sulfonamides is 1. The maximum Gasteiger partial charge on any atom is 0.238 e. The molecule has 0 heterocycles. The van der Waals surface area contributed by atoms with E-state index in [9.17, 15) is 13.5 Å². The number of nitrogens with two attached hydrogens (primary N) is 1. The lowest BCUT2D eigenvalue weighted by Gasteiger charge is -2.21. The first-order chi connectivity index (χ1) is 8.70. The molecule has 0 aromatic heterocycles. The normalized spacial score (nSPS) is 16.9. The van der Waals surface area contributed by atoms with Crippen LogP contribution in [0.25, 0.3) is 0 Å². The minimum absolute atomic E-state index is 0.0725. The topological polar surface area (TPSA) is 92.4 Å². The average molecular weight is 286 g/mol. The van der Waals surface area contributed by atoms with E-state index >= 15 is 0 Å². The lowest BCUT2D eigenvalue weighted by molar-refractivity contribution is 0.168. The first-order valence-corrected chi connectivity index (χ1v) is 7.81. The van der Waals surface area contributed by atoms with Crippen LogP contribution < -0.4 is 10.5 Å². The van der Waals surface area contributed by atoms with Crippen LogP contribution in [0.4, 0.5) is 0 Å². The minimum Gasteiger partial charge on any atom is -0.393 e. The molecular weight excluding hydrogens is 264 g/mol. The Balaban J connectivity index is 2.70. The summed E-state index contributed by atoms with van der Waals surface area (Å²) in [6.07, 6.45) is 0.319. The van der Waals surface area contributed by atoms with Gasteiger partial charge >= 0.3 is 0 Å². The van der Waals surface area contributed by atoms with Gasteiger partial charge in [-0.2, -0.15) is 0 Å². The van der Waals surface area contributed by atoms with Gasteiger partial charge in [-0.3, -0.25) is 0 Å². The van der Waals surface area contributed by atoms with Crippen molar-refractivity contribution < 1.29 is 13.5 Å². The third-order valence-corrected chi connectivity index (χ3v) is 3.87. The van der Waals surface area contributed by atoms with E-state index < -0.39 is 10.0 Å². The van der Waals surface area contributed by atoms with E-state index in [1.807, 2.05) is 13.8 Å². The highest BCUT2D eigenvalue weighted by atomic mass is 32.2. The van der Waals surface area contributed by atoms with Gasteiger partial charge in [-0.1, -0.05) is 12.1 Å². The first-order valence-electron chi connectivity index (χ1n) is 6.27. The predicted molar refractivity (Wildman–Crippen MR) is 75.1 cm³/mol. The van der Waals surface area contributed by atoms with Gasteiger partial charge in [0.15, 0.2) is 0 Å². The molecule has 1 rings (SSSR count). The van der Waals surface area contributed by atoms with E-state index in [-0.39, 0.29) is 23.1 Å². The molecule has 0 spiro atoms. The van der Waals surface area contributed by atoms with Gasteiger partial charge in [0.1, 0.15) is 0 Å². The molecule has 4 N–H and O–H groups in total. The highest BCUT2D eigenvalue weighted by Gasteiger charge is 2.13. The SMILES string of the molecule is CC(O)CC(C)NC(C)c1ccc(S(N)(=O)=O)cc1. The lowest BCUT2D eigenvalue weighted by atomic mass is 10.1. The number of rotatable bonds is 6. The molecule has 1 aromatic rings. The van der Waals surface area contributed by atoms with Gasteiger partial charge in [-0.15, -0.1) is 0 Å². The molecule has 1 aromatic carbocycles. The van der Waals surface area contributed by atoms with Gasteiger partial charge in [-0.05, 0) is 44.9 Å². The van der Waals surface area contributed by atoms with E-state index in [1.54, 1.807) is 19.1 Å². The summed E-state index contributed by atoms with van der Waals surface area (Å²) in [5.74, 6) is 0. The number of hydrogen-bond donors (Lipinski definition) is 3. The monoisotopic (exact) mass is 286 g/mol. The minimum atomic E-state index is -3.64. The van der Waals surface area contributed by atoms with E-state index in [1.165, 1.54) is 12.1 Å². The number of aliphatic hydroxyl groups excluding tert-OH is 1. The number of aliphatic hydroxyl groups is 1. The number of primary sulfonamides is 1. The Morgan fingerprint density at radius 2 is 1.74 bits per heavy atom. The Kier molecular flexibility index (Phi) is 5.49. The van der Waals surface area contributed by atoms with Crippen LogP contribution in [0.2, 0.25) is 0 Å². The maximum absolute atomic E-state index is 11.1. The van der Waals surface area contributed by atoms with Crippen molar-refractivity contribution in [2.75, 3.05) is 0 Å². The Labute approximate surface area is 114 Å². The van der Waals surface area contributed by atoms with Crippen molar-refractivity contribution >= 4 is 10.0 Å². The molecule has 0 saturated carbocycles. The molecular formula is C13H22N2O3S. The van der Waals surface area contributed by atoms with Gasteiger partial charge < -0.3 is 10.4 Å². The van der Waals surface area contributed by atoms with Gasteiger partial charge in [0.25, 0.3) is 0 Å². The van der Waals surface area contributed by atoms with Crippen LogP contribution in [-0.2, 0) is 10.0 Å². The molecule has 6 heteroatoms. The quantitative estimate of drug-likeness (QED) is 0.731. The van der Waals surface area contributed by atoms with Gasteiger partial charge in [-0.25, -0.2) is 13.6 Å². The highest BCUT2D eigenvalue weighted by Crippen LogP contribution is 2.16. The molecule has 0 bridgehead atoms. The smallest absolute Gasteiger partial charge is 0.238 e. The third-order valence-electron chi connectivity index (χ3n) is 2.94. The predicted octanol–water partition coefficient (Wildman–Crippen LogP) is 1.14. The number of benzene rings is 1. The molecule has 0 radical (unpaired) electrons. The zero-order valence-electron chi connectivity index (χ0n) is 11.5. The van der Waals surface area contributed by atoms with Crippen LogP contribution in [0, 0.1) is 0 Å². The van der Waals surface area contributed by atoms with E-state index in [2.05, 4.69) is 5.32 Å². The van der Waals surface area contributed by atoms with Crippen molar-refractivity contribution in [1.82, 2.24) is 5.32 Å². The fraction of sp³-hybridized carbons (Fsp3) is 0.538. The molecule has 0 amide bonds. The molecule has 5 nitrogen and oxygen atoms in total. The second kappa shape index (κ2) is 6.47. The molecule has 0 fully saturated rings. The third kappa shape index (κ3) is 5.28. The van der Waals surface area contributed by atoms with Crippen LogP contribution in [0.3, 0.4) is 0 Å². The van der Waals surface area contributed by atoms with Crippen molar-refractivity contribution in [2.45, 2.75) is 50.3 Å². The fourth-order valence-electron chi connectivity index (χ4n) is 2.05. The zero-order valence-corrected chi connectivity index (χ0v) is 12.3. The van der Waals surface area contributed by atoms with Gasteiger partial charge in [0, 0.05) is 12.1 Å². The molecule has 0 aliphatic carbocycles. The molecule has 0 aliphatic rings. The summed E-state index contributed by atoms with van der Waals surface area (Å²) < 4.78 is 22.3. The van der Waals surface area contributed by atoms with Crippen molar-refractivity contribution in [1.29, 1.82) is 0 Å². The summed E-state index contributed by atoms with van der Waals surface area (Å²) in [6, 6.07) is 6.74. The zero-order chi connectivity index (χ0) is 14.6.